The Bertz CT molecular complexity index is 1400. The minimum absolute atomic E-state index is 1.17. The third kappa shape index (κ3) is 2.09. The lowest BCUT2D eigenvalue weighted by molar-refractivity contribution is 1.29. The van der Waals surface area contributed by atoms with Gasteiger partial charge in [-0.05, 0) is 68.3 Å². The van der Waals surface area contributed by atoms with Crippen molar-refractivity contribution in [2.45, 2.75) is 0 Å². The summed E-state index contributed by atoms with van der Waals surface area (Å²) < 4.78 is 0. The average molecular weight is 426 g/mol. The highest BCUT2D eigenvalue weighted by molar-refractivity contribution is 7.23. The second-order valence-corrected chi connectivity index (χ2v) is 12.0. The van der Waals surface area contributed by atoms with Gasteiger partial charge in [-0.3, -0.25) is 9.97 Å². The van der Waals surface area contributed by atoms with Crippen LogP contribution in [0.15, 0.2) is 116 Å². The lowest BCUT2D eigenvalue weighted by atomic mass is 10.1. The number of rotatable bonds is 1. The Labute approximate surface area is 187 Å². The lowest BCUT2D eigenvalue weighted by Gasteiger charge is -2.43. The summed E-state index contributed by atoms with van der Waals surface area (Å²) in [4.78, 5) is 11.6. The molecule has 0 saturated carbocycles. The molecule has 3 aromatic carbocycles. The molecule has 0 radical (unpaired) electrons. The maximum Gasteiger partial charge on any atom is 0.188 e. The van der Waals surface area contributed by atoms with Crippen LogP contribution in [-0.2, 0) is 0 Å². The van der Waals surface area contributed by atoms with Gasteiger partial charge in [-0.2, -0.15) is 0 Å². The molecule has 2 aliphatic heterocycles. The number of pyridine rings is 2. The van der Waals surface area contributed by atoms with E-state index in [1.807, 2.05) is 12.4 Å². The van der Waals surface area contributed by atoms with Gasteiger partial charge in [0, 0.05) is 41.8 Å². The van der Waals surface area contributed by atoms with Gasteiger partial charge in [0.15, 0.2) is 8.07 Å². The molecule has 4 heteroatoms. The molecule has 2 aliphatic rings. The van der Waals surface area contributed by atoms with Crippen LogP contribution in [0.5, 0.6) is 0 Å². The minimum Gasteiger partial charge on any atom is -0.311 e. The van der Waals surface area contributed by atoms with Gasteiger partial charge in [0.05, 0.1) is 0 Å². The van der Waals surface area contributed by atoms with Gasteiger partial charge in [0.1, 0.15) is 0 Å². The topological polar surface area (TPSA) is 29.0 Å². The maximum absolute atomic E-state index is 4.61. The third-order valence-electron chi connectivity index (χ3n) is 6.85. The van der Waals surface area contributed by atoms with Crippen molar-refractivity contribution in [2.24, 2.45) is 0 Å². The van der Waals surface area contributed by atoms with Crippen LogP contribution in [0.1, 0.15) is 0 Å². The van der Waals surface area contributed by atoms with Gasteiger partial charge in [-0.25, -0.2) is 0 Å². The second kappa shape index (κ2) is 6.49. The maximum atomic E-state index is 4.61. The Kier molecular flexibility index (Phi) is 3.57. The van der Waals surface area contributed by atoms with E-state index in [-0.39, 0.29) is 0 Å². The molecule has 2 aromatic heterocycles. The van der Waals surface area contributed by atoms with Crippen LogP contribution < -0.4 is 25.6 Å². The Morgan fingerprint density at radius 3 is 1.56 bits per heavy atom. The zero-order valence-electron chi connectivity index (χ0n) is 17.3. The van der Waals surface area contributed by atoms with Crippen molar-refractivity contribution in [1.29, 1.82) is 0 Å². The first kappa shape index (κ1) is 17.6. The normalized spacial score (nSPS) is 14.4. The smallest absolute Gasteiger partial charge is 0.188 e. The summed E-state index contributed by atoms with van der Waals surface area (Å²) in [5.41, 5.74) is 6.25. The molecule has 0 aliphatic carbocycles. The van der Waals surface area contributed by atoms with E-state index in [4.69, 9.17) is 0 Å². The molecule has 1 spiro atoms. The molecule has 5 aromatic rings. The standard InChI is InChI=1S/C28H19N3Si/c1-2-8-20(9-3-1)31-23-10-4-6-12-25(23)32(26-13-7-5-11-24(26)31)27-18-29-16-14-21(27)22-15-17-30-19-28(22)32/h1-19H. The molecule has 0 unspecified atom stereocenters. The highest BCUT2D eigenvalue weighted by Gasteiger charge is 2.54. The number of hydrogen-bond donors (Lipinski definition) is 0. The second-order valence-electron chi connectivity index (χ2n) is 8.30. The van der Waals surface area contributed by atoms with E-state index in [0.717, 1.165) is 0 Å². The molecule has 0 atom stereocenters. The van der Waals surface area contributed by atoms with Gasteiger partial charge in [-0.15, -0.1) is 0 Å². The van der Waals surface area contributed by atoms with Crippen LogP contribution in [0, 0.1) is 0 Å². The van der Waals surface area contributed by atoms with E-state index in [1.54, 1.807) is 0 Å². The first-order chi connectivity index (χ1) is 15.9. The van der Waals surface area contributed by atoms with Gasteiger partial charge < -0.3 is 4.90 Å². The first-order valence-corrected chi connectivity index (χ1v) is 12.8. The molecular formula is C28H19N3Si. The minimum atomic E-state index is -2.54. The third-order valence-corrected chi connectivity index (χ3v) is 11.7. The number of nitrogens with zero attached hydrogens (tertiary/aromatic N) is 3. The molecule has 32 heavy (non-hydrogen) atoms. The Morgan fingerprint density at radius 1 is 0.500 bits per heavy atom. The SMILES string of the molecule is c1ccc(N2c3ccccc3[Si]3(c4cnccc4-c4ccncc43)c3ccccc32)cc1. The Morgan fingerprint density at radius 2 is 1.00 bits per heavy atom. The Balaban J connectivity index is 1.67. The molecule has 4 heterocycles. The van der Waals surface area contributed by atoms with Gasteiger partial charge >= 0.3 is 0 Å². The largest absolute Gasteiger partial charge is 0.311 e. The molecule has 0 amide bonds. The summed E-state index contributed by atoms with van der Waals surface area (Å²) in [6.07, 6.45) is 8.03. The number of para-hydroxylation sites is 3. The van der Waals surface area contributed by atoms with Crippen molar-refractivity contribution in [2.75, 3.05) is 4.90 Å². The summed E-state index contributed by atoms with van der Waals surface area (Å²) in [6, 6.07) is 32.8. The monoisotopic (exact) mass is 425 g/mol. The van der Waals surface area contributed by atoms with Crippen LogP contribution >= 0.6 is 0 Å². The van der Waals surface area contributed by atoms with Gasteiger partial charge in [0.25, 0.3) is 0 Å². The average Bonchev–Trinajstić information content (AvgIpc) is 3.16. The molecule has 150 valence electrons. The van der Waals surface area contributed by atoms with E-state index in [1.165, 1.54) is 48.9 Å². The van der Waals surface area contributed by atoms with Crippen molar-refractivity contribution in [1.82, 2.24) is 9.97 Å². The van der Waals surface area contributed by atoms with E-state index in [9.17, 15) is 0 Å². The summed E-state index contributed by atoms with van der Waals surface area (Å²) in [5.74, 6) is 0. The van der Waals surface area contributed by atoms with Crippen molar-refractivity contribution in [3.63, 3.8) is 0 Å². The zero-order chi connectivity index (χ0) is 21.1. The fourth-order valence-corrected chi connectivity index (χ4v) is 11.1. The summed E-state index contributed by atoms with van der Waals surface area (Å²) >= 11 is 0. The first-order valence-electron chi connectivity index (χ1n) is 10.8. The fraction of sp³-hybridized carbons (Fsp3) is 0. The van der Waals surface area contributed by atoms with Crippen molar-refractivity contribution in [3.05, 3.63) is 116 Å². The van der Waals surface area contributed by atoms with Gasteiger partial charge in [0.2, 0.25) is 0 Å². The summed E-state index contributed by atoms with van der Waals surface area (Å²) in [6.45, 7) is 0. The van der Waals surface area contributed by atoms with Gasteiger partial charge in [-0.1, -0.05) is 54.6 Å². The summed E-state index contributed by atoms with van der Waals surface area (Å²) in [5, 5.41) is 5.50. The van der Waals surface area contributed by atoms with E-state index in [2.05, 4.69) is 118 Å². The van der Waals surface area contributed by atoms with E-state index < -0.39 is 8.07 Å². The van der Waals surface area contributed by atoms with Crippen LogP contribution in [0.3, 0.4) is 0 Å². The van der Waals surface area contributed by atoms with Crippen molar-refractivity contribution < 1.29 is 0 Å². The van der Waals surface area contributed by atoms with Crippen LogP contribution in [0.4, 0.5) is 17.1 Å². The molecule has 7 rings (SSSR count). The van der Waals surface area contributed by atoms with E-state index in [0.29, 0.717) is 0 Å². The number of benzene rings is 3. The number of aromatic nitrogens is 2. The lowest BCUT2D eigenvalue weighted by Crippen LogP contribution is -2.75. The zero-order valence-corrected chi connectivity index (χ0v) is 18.3. The summed E-state index contributed by atoms with van der Waals surface area (Å²) in [7, 11) is -2.54. The molecular weight excluding hydrogens is 406 g/mol. The molecule has 0 saturated heterocycles. The molecule has 3 nitrogen and oxygen atoms in total. The predicted octanol–water partition coefficient (Wildman–Crippen LogP) is 3.62. The molecule has 0 fully saturated rings. The van der Waals surface area contributed by atoms with Crippen LogP contribution in [0.2, 0.25) is 0 Å². The number of fused-ring (bicyclic) bond motifs is 9. The molecule has 0 N–H and O–H groups in total. The van der Waals surface area contributed by atoms with Crippen LogP contribution in [0.25, 0.3) is 11.1 Å². The Hall–Kier alpha value is -4.02. The molecule has 0 bridgehead atoms. The fourth-order valence-electron chi connectivity index (χ4n) is 5.68. The number of anilines is 3. The van der Waals surface area contributed by atoms with Crippen LogP contribution in [-0.4, -0.2) is 18.0 Å². The highest BCUT2D eigenvalue weighted by atomic mass is 28.3. The highest BCUT2D eigenvalue weighted by Crippen LogP contribution is 2.40. The predicted molar refractivity (Wildman–Crippen MR) is 133 cm³/mol. The van der Waals surface area contributed by atoms with E-state index >= 15 is 0 Å². The van der Waals surface area contributed by atoms with Crippen molar-refractivity contribution in [3.8, 4) is 11.1 Å². The van der Waals surface area contributed by atoms with Crippen molar-refractivity contribution >= 4 is 45.9 Å². The number of hydrogen-bond acceptors (Lipinski definition) is 3. The quantitative estimate of drug-likeness (QED) is 0.376.